The molecule has 0 spiro atoms. The van der Waals surface area contributed by atoms with Gasteiger partial charge in [-0.3, -0.25) is 9.59 Å². The van der Waals surface area contributed by atoms with E-state index in [1.54, 1.807) is 62.6 Å². The Labute approximate surface area is 204 Å². The fourth-order valence-electron chi connectivity index (χ4n) is 4.02. The van der Waals surface area contributed by atoms with Crippen LogP contribution in [0.3, 0.4) is 0 Å². The average molecular weight is 476 g/mol. The highest BCUT2D eigenvalue weighted by atomic mass is 16.5. The number of aliphatic hydroxyl groups is 1. The Balaban J connectivity index is 1.76. The van der Waals surface area contributed by atoms with Crippen molar-refractivity contribution in [1.29, 1.82) is 0 Å². The summed E-state index contributed by atoms with van der Waals surface area (Å²) >= 11 is 0. The van der Waals surface area contributed by atoms with Gasteiger partial charge in [0.1, 0.15) is 34.8 Å². The summed E-state index contributed by atoms with van der Waals surface area (Å²) in [5.74, 6) is 0.904. The molecule has 1 aliphatic rings. The maximum atomic E-state index is 13.2. The molecule has 1 atom stereocenters. The van der Waals surface area contributed by atoms with Gasteiger partial charge in [-0.05, 0) is 54.8 Å². The minimum absolute atomic E-state index is 0.0149. The molecule has 0 saturated carbocycles. The first-order chi connectivity index (χ1) is 16.8. The van der Waals surface area contributed by atoms with Gasteiger partial charge in [0.05, 0.1) is 19.3 Å². The van der Waals surface area contributed by atoms with E-state index in [4.69, 9.17) is 13.9 Å². The zero-order valence-corrected chi connectivity index (χ0v) is 20.3. The monoisotopic (exact) mass is 475 g/mol. The molecule has 1 unspecified atom stereocenters. The molecule has 1 N–H and O–H groups in total. The summed E-state index contributed by atoms with van der Waals surface area (Å²) in [6, 6.07) is 16.7. The summed E-state index contributed by atoms with van der Waals surface area (Å²) in [5.41, 5.74) is 1.19. The average Bonchev–Trinajstić information content (AvgIpc) is 3.39. The van der Waals surface area contributed by atoms with Gasteiger partial charge < -0.3 is 23.9 Å². The zero-order chi connectivity index (χ0) is 25.1. The van der Waals surface area contributed by atoms with E-state index in [1.165, 1.54) is 4.90 Å². The van der Waals surface area contributed by atoms with Crippen molar-refractivity contribution in [3.8, 4) is 11.5 Å². The molecule has 7 heteroatoms. The SMILES string of the molecule is COc1ccc(CN2C(=O)C(=O)/C(=C(\O)c3cccc(OCC(C)C)c3)C2c2ccc(C)o2)cc1. The van der Waals surface area contributed by atoms with E-state index < -0.39 is 17.7 Å². The van der Waals surface area contributed by atoms with E-state index in [0.717, 1.165) is 5.56 Å². The highest BCUT2D eigenvalue weighted by Crippen LogP contribution is 2.41. The molecule has 1 fully saturated rings. The summed E-state index contributed by atoms with van der Waals surface area (Å²) in [6.07, 6.45) is 0. The number of ether oxygens (including phenoxy) is 2. The highest BCUT2D eigenvalue weighted by Gasteiger charge is 2.47. The number of aliphatic hydroxyl groups excluding tert-OH is 1. The number of carbonyl (C=O) groups is 2. The molecule has 4 rings (SSSR count). The van der Waals surface area contributed by atoms with Crippen LogP contribution in [-0.4, -0.2) is 35.4 Å². The largest absolute Gasteiger partial charge is 0.507 e. The van der Waals surface area contributed by atoms with E-state index >= 15 is 0 Å². The molecule has 3 aromatic rings. The first-order valence-electron chi connectivity index (χ1n) is 11.5. The summed E-state index contributed by atoms with van der Waals surface area (Å²) in [6.45, 7) is 6.54. The van der Waals surface area contributed by atoms with Gasteiger partial charge >= 0.3 is 0 Å². The molecular formula is C28H29NO6. The van der Waals surface area contributed by atoms with E-state index in [2.05, 4.69) is 0 Å². The van der Waals surface area contributed by atoms with E-state index in [-0.39, 0.29) is 17.9 Å². The number of Topliss-reactive ketones (excluding diaryl/α,β-unsaturated/α-hetero) is 1. The maximum absolute atomic E-state index is 13.2. The van der Waals surface area contributed by atoms with Crippen LogP contribution in [-0.2, 0) is 16.1 Å². The van der Waals surface area contributed by atoms with Gasteiger partial charge in [-0.25, -0.2) is 0 Å². The van der Waals surface area contributed by atoms with Crippen molar-refractivity contribution < 1.29 is 28.6 Å². The first kappa shape index (κ1) is 24.1. The standard InChI is InChI=1S/C28H29NO6/c1-17(2)16-34-22-7-5-6-20(14-22)26(30)24-25(23-13-8-18(3)35-23)29(28(32)27(24)31)15-19-9-11-21(33-4)12-10-19/h5-14,17,25,30H,15-16H2,1-4H3/b26-24-. The van der Waals surface area contributed by atoms with Crippen molar-refractivity contribution >= 4 is 17.4 Å². The molecule has 0 aliphatic carbocycles. The van der Waals surface area contributed by atoms with Crippen LogP contribution in [0.1, 0.15) is 42.5 Å². The van der Waals surface area contributed by atoms with Crippen molar-refractivity contribution in [2.45, 2.75) is 33.4 Å². The molecular weight excluding hydrogens is 446 g/mol. The molecule has 0 bridgehead atoms. The van der Waals surface area contributed by atoms with Crippen molar-refractivity contribution in [2.75, 3.05) is 13.7 Å². The number of nitrogens with zero attached hydrogens (tertiary/aromatic N) is 1. The number of hydrogen-bond donors (Lipinski definition) is 1. The molecule has 2 aromatic carbocycles. The first-order valence-corrected chi connectivity index (χ1v) is 11.5. The molecule has 1 saturated heterocycles. The minimum atomic E-state index is -0.869. The minimum Gasteiger partial charge on any atom is -0.507 e. The van der Waals surface area contributed by atoms with Crippen LogP contribution in [0.25, 0.3) is 5.76 Å². The number of amides is 1. The van der Waals surface area contributed by atoms with Crippen LogP contribution in [0, 0.1) is 12.8 Å². The van der Waals surface area contributed by atoms with Gasteiger partial charge in [0.25, 0.3) is 11.7 Å². The summed E-state index contributed by atoms with van der Waals surface area (Å²) in [4.78, 5) is 27.8. The van der Waals surface area contributed by atoms with Crippen molar-refractivity contribution in [3.63, 3.8) is 0 Å². The third-order valence-corrected chi connectivity index (χ3v) is 5.77. The normalized spacial score (nSPS) is 17.3. The van der Waals surface area contributed by atoms with Gasteiger partial charge in [-0.2, -0.15) is 0 Å². The molecule has 1 amide bonds. The van der Waals surface area contributed by atoms with Crippen molar-refractivity contribution in [1.82, 2.24) is 4.90 Å². The van der Waals surface area contributed by atoms with Gasteiger partial charge in [-0.15, -0.1) is 0 Å². The second-order valence-corrected chi connectivity index (χ2v) is 8.96. The number of aryl methyl sites for hydroxylation is 1. The molecule has 7 nitrogen and oxygen atoms in total. The van der Waals surface area contributed by atoms with Crippen LogP contribution >= 0.6 is 0 Å². The van der Waals surface area contributed by atoms with Gasteiger partial charge in [0.2, 0.25) is 0 Å². The number of benzene rings is 2. The van der Waals surface area contributed by atoms with E-state index in [1.807, 2.05) is 26.0 Å². The van der Waals surface area contributed by atoms with Crippen molar-refractivity contribution in [2.24, 2.45) is 5.92 Å². The number of hydrogen-bond acceptors (Lipinski definition) is 6. The smallest absolute Gasteiger partial charge is 0.296 e. The highest BCUT2D eigenvalue weighted by molar-refractivity contribution is 6.46. The lowest BCUT2D eigenvalue weighted by Crippen LogP contribution is -2.29. The van der Waals surface area contributed by atoms with Crippen LogP contribution in [0.4, 0.5) is 0 Å². The predicted molar refractivity (Wildman–Crippen MR) is 131 cm³/mol. The molecule has 0 radical (unpaired) electrons. The second kappa shape index (κ2) is 10.1. The quantitative estimate of drug-likeness (QED) is 0.272. The third-order valence-electron chi connectivity index (χ3n) is 5.77. The molecule has 35 heavy (non-hydrogen) atoms. The van der Waals surface area contributed by atoms with E-state index in [9.17, 15) is 14.7 Å². The fraction of sp³-hybridized carbons (Fsp3) is 0.286. The molecule has 2 heterocycles. The number of carbonyl (C=O) groups excluding carboxylic acids is 2. The lowest BCUT2D eigenvalue weighted by atomic mass is 9.99. The zero-order valence-electron chi connectivity index (χ0n) is 20.3. The Morgan fingerprint density at radius 1 is 1.06 bits per heavy atom. The molecule has 1 aromatic heterocycles. The molecule has 182 valence electrons. The maximum Gasteiger partial charge on any atom is 0.296 e. The Kier molecular flexibility index (Phi) is 6.96. The summed E-state index contributed by atoms with van der Waals surface area (Å²) in [7, 11) is 1.58. The number of methoxy groups -OCH3 is 1. The number of likely N-dealkylation sites (tertiary alicyclic amines) is 1. The lowest BCUT2D eigenvalue weighted by Gasteiger charge is -2.23. The van der Waals surface area contributed by atoms with Crippen LogP contribution < -0.4 is 9.47 Å². The summed E-state index contributed by atoms with van der Waals surface area (Å²) in [5, 5.41) is 11.3. The Morgan fingerprint density at radius 3 is 2.43 bits per heavy atom. The second-order valence-electron chi connectivity index (χ2n) is 8.96. The van der Waals surface area contributed by atoms with Crippen LogP contribution in [0.5, 0.6) is 11.5 Å². The number of rotatable bonds is 8. The van der Waals surface area contributed by atoms with Gasteiger partial charge in [0, 0.05) is 12.1 Å². The third kappa shape index (κ3) is 5.09. The lowest BCUT2D eigenvalue weighted by molar-refractivity contribution is -0.140. The molecule has 1 aliphatic heterocycles. The summed E-state index contributed by atoms with van der Waals surface area (Å²) < 4.78 is 16.8. The Bertz CT molecular complexity index is 1250. The van der Waals surface area contributed by atoms with Gasteiger partial charge in [-0.1, -0.05) is 38.1 Å². The van der Waals surface area contributed by atoms with Crippen LogP contribution in [0.2, 0.25) is 0 Å². The number of ketones is 1. The topological polar surface area (TPSA) is 89.2 Å². The van der Waals surface area contributed by atoms with Crippen molar-refractivity contribution in [3.05, 3.63) is 88.9 Å². The van der Waals surface area contributed by atoms with Crippen LogP contribution in [0.15, 0.2) is 70.7 Å². The number of furan rings is 1. The fourth-order valence-corrected chi connectivity index (χ4v) is 4.02. The van der Waals surface area contributed by atoms with E-state index in [0.29, 0.717) is 41.1 Å². The predicted octanol–water partition coefficient (Wildman–Crippen LogP) is 5.25. The Hall–Kier alpha value is -4.00. The Morgan fingerprint density at radius 2 is 1.80 bits per heavy atom. The van der Waals surface area contributed by atoms with Gasteiger partial charge in [0.15, 0.2) is 0 Å².